The SMILES string of the molecule is Cc1cc(N2CCCS2(=O)=O)ccc1NC(=O)C(=O)NCCC1=CCCCC1. The van der Waals surface area contributed by atoms with Crippen LogP contribution in [0.4, 0.5) is 11.4 Å². The van der Waals surface area contributed by atoms with Gasteiger partial charge in [0.25, 0.3) is 0 Å². The zero-order valence-corrected chi connectivity index (χ0v) is 17.0. The molecule has 1 aliphatic carbocycles. The zero-order valence-electron chi connectivity index (χ0n) is 16.2. The second-order valence-corrected chi connectivity index (χ2v) is 9.32. The number of sulfonamides is 1. The predicted molar refractivity (Wildman–Crippen MR) is 110 cm³/mol. The third kappa shape index (κ3) is 4.92. The number of hydrogen-bond acceptors (Lipinski definition) is 4. The molecule has 1 aliphatic heterocycles. The second kappa shape index (κ2) is 8.77. The molecular formula is C20H27N3O4S. The summed E-state index contributed by atoms with van der Waals surface area (Å²) < 4.78 is 25.5. The number of anilines is 2. The maximum Gasteiger partial charge on any atom is 0.313 e. The molecule has 0 radical (unpaired) electrons. The molecule has 7 nitrogen and oxygen atoms in total. The first kappa shape index (κ1) is 20.4. The Hall–Kier alpha value is -2.35. The van der Waals surface area contributed by atoms with Crippen LogP contribution < -0.4 is 14.9 Å². The van der Waals surface area contributed by atoms with Gasteiger partial charge in [0.2, 0.25) is 10.0 Å². The third-order valence-corrected chi connectivity index (χ3v) is 7.04. The average Bonchev–Trinajstić information content (AvgIpc) is 3.03. The second-order valence-electron chi connectivity index (χ2n) is 7.31. The highest BCUT2D eigenvalue weighted by Crippen LogP contribution is 2.28. The number of carbonyl (C=O) groups is 2. The van der Waals surface area contributed by atoms with Crippen LogP contribution in [0.3, 0.4) is 0 Å². The maximum atomic E-state index is 12.1. The molecule has 2 amide bonds. The number of nitrogens with one attached hydrogen (secondary N) is 2. The fourth-order valence-electron chi connectivity index (χ4n) is 3.60. The summed E-state index contributed by atoms with van der Waals surface area (Å²) >= 11 is 0. The largest absolute Gasteiger partial charge is 0.348 e. The fourth-order valence-corrected chi connectivity index (χ4v) is 5.16. The van der Waals surface area contributed by atoms with Crippen LogP contribution in [-0.4, -0.2) is 39.1 Å². The van der Waals surface area contributed by atoms with E-state index in [-0.39, 0.29) is 5.75 Å². The van der Waals surface area contributed by atoms with Crippen LogP contribution in [0.25, 0.3) is 0 Å². The van der Waals surface area contributed by atoms with Crippen LogP contribution in [0.5, 0.6) is 0 Å². The summed E-state index contributed by atoms with van der Waals surface area (Å²) in [6.45, 7) is 2.68. The van der Waals surface area contributed by atoms with E-state index in [0.29, 0.717) is 36.4 Å². The molecule has 152 valence electrons. The zero-order chi connectivity index (χ0) is 20.1. The molecule has 0 spiro atoms. The number of nitrogens with zero attached hydrogens (tertiary/aromatic N) is 1. The first-order valence-electron chi connectivity index (χ1n) is 9.75. The van der Waals surface area contributed by atoms with E-state index in [1.54, 1.807) is 25.1 Å². The number of hydrogen-bond donors (Lipinski definition) is 2. The first-order chi connectivity index (χ1) is 13.4. The lowest BCUT2D eigenvalue weighted by molar-refractivity contribution is -0.136. The molecular weight excluding hydrogens is 378 g/mol. The van der Waals surface area contributed by atoms with Crippen LogP contribution in [0.1, 0.15) is 44.1 Å². The van der Waals surface area contributed by atoms with E-state index in [2.05, 4.69) is 16.7 Å². The summed E-state index contributed by atoms with van der Waals surface area (Å²) in [7, 11) is -3.25. The van der Waals surface area contributed by atoms with Gasteiger partial charge >= 0.3 is 11.8 Å². The van der Waals surface area contributed by atoms with Gasteiger partial charge in [0, 0.05) is 18.8 Å². The predicted octanol–water partition coefficient (Wildman–Crippen LogP) is 2.48. The van der Waals surface area contributed by atoms with Crippen molar-refractivity contribution >= 4 is 33.2 Å². The first-order valence-corrected chi connectivity index (χ1v) is 11.4. The highest BCUT2D eigenvalue weighted by Gasteiger charge is 2.28. The van der Waals surface area contributed by atoms with Crippen molar-refractivity contribution in [2.75, 3.05) is 28.5 Å². The number of amides is 2. The minimum atomic E-state index is -3.25. The molecule has 2 N–H and O–H groups in total. The third-order valence-electron chi connectivity index (χ3n) is 5.17. The number of rotatable bonds is 5. The number of benzene rings is 1. The van der Waals surface area contributed by atoms with E-state index >= 15 is 0 Å². The van der Waals surface area contributed by atoms with Gasteiger partial charge in [-0.05, 0) is 69.2 Å². The number of carbonyl (C=O) groups excluding carboxylic acids is 2. The van der Waals surface area contributed by atoms with E-state index < -0.39 is 21.8 Å². The highest BCUT2D eigenvalue weighted by molar-refractivity contribution is 7.93. The van der Waals surface area contributed by atoms with Gasteiger partial charge in [-0.2, -0.15) is 0 Å². The van der Waals surface area contributed by atoms with Gasteiger partial charge in [0.05, 0.1) is 11.4 Å². The lowest BCUT2D eigenvalue weighted by atomic mass is 9.97. The van der Waals surface area contributed by atoms with Gasteiger partial charge in [0.15, 0.2) is 0 Å². The van der Waals surface area contributed by atoms with Crippen molar-refractivity contribution in [2.24, 2.45) is 0 Å². The molecule has 0 bridgehead atoms. The molecule has 1 aromatic rings. The Morgan fingerprint density at radius 2 is 1.96 bits per heavy atom. The van der Waals surface area contributed by atoms with Crippen molar-refractivity contribution in [1.29, 1.82) is 0 Å². The Morgan fingerprint density at radius 1 is 1.14 bits per heavy atom. The molecule has 0 aromatic heterocycles. The molecule has 8 heteroatoms. The van der Waals surface area contributed by atoms with Gasteiger partial charge in [-0.15, -0.1) is 0 Å². The van der Waals surface area contributed by atoms with Crippen LogP contribution in [0, 0.1) is 6.92 Å². The van der Waals surface area contributed by atoms with Crippen LogP contribution in [-0.2, 0) is 19.6 Å². The van der Waals surface area contributed by atoms with Crippen LogP contribution in [0.2, 0.25) is 0 Å². The molecule has 0 unspecified atom stereocenters. The molecule has 1 heterocycles. The molecule has 0 saturated carbocycles. The van der Waals surface area contributed by atoms with Crippen molar-refractivity contribution in [1.82, 2.24) is 5.32 Å². The van der Waals surface area contributed by atoms with Gasteiger partial charge < -0.3 is 10.6 Å². The van der Waals surface area contributed by atoms with Crippen LogP contribution in [0.15, 0.2) is 29.8 Å². The Balaban J connectivity index is 1.54. The summed E-state index contributed by atoms with van der Waals surface area (Å²) in [6, 6.07) is 5.00. The molecule has 2 aliphatic rings. The number of allylic oxidation sites excluding steroid dienone is 1. The van der Waals surface area contributed by atoms with E-state index in [1.807, 2.05) is 0 Å². The maximum absolute atomic E-state index is 12.1. The molecule has 1 fully saturated rings. The lowest BCUT2D eigenvalue weighted by Gasteiger charge is -2.18. The summed E-state index contributed by atoms with van der Waals surface area (Å²) in [6.07, 6.45) is 8.18. The fraction of sp³-hybridized carbons (Fsp3) is 0.500. The Kier molecular flexibility index (Phi) is 6.39. The summed E-state index contributed by atoms with van der Waals surface area (Å²) in [5.74, 6) is -1.23. The number of aryl methyl sites for hydroxylation is 1. The normalized spacial score (nSPS) is 18.5. The van der Waals surface area contributed by atoms with E-state index in [1.165, 1.54) is 22.7 Å². The van der Waals surface area contributed by atoms with Gasteiger partial charge in [-0.1, -0.05) is 11.6 Å². The summed E-state index contributed by atoms with van der Waals surface area (Å²) in [4.78, 5) is 24.2. The molecule has 1 saturated heterocycles. The van der Waals surface area contributed by atoms with Gasteiger partial charge in [-0.25, -0.2) is 8.42 Å². The van der Waals surface area contributed by atoms with E-state index in [9.17, 15) is 18.0 Å². The van der Waals surface area contributed by atoms with Crippen molar-refractivity contribution in [3.05, 3.63) is 35.4 Å². The monoisotopic (exact) mass is 405 g/mol. The quantitative estimate of drug-likeness (QED) is 0.581. The van der Waals surface area contributed by atoms with E-state index in [4.69, 9.17) is 0 Å². The Bertz CT molecular complexity index is 893. The van der Waals surface area contributed by atoms with E-state index in [0.717, 1.165) is 19.3 Å². The summed E-state index contributed by atoms with van der Waals surface area (Å²) in [5, 5.41) is 5.26. The Morgan fingerprint density at radius 3 is 2.61 bits per heavy atom. The highest BCUT2D eigenvalue weighted by atomic mass is 32.2. The standard InChI is InChI=1S/C20H27N3O4S/c1-15-14-17(23-12-5-13-28(23,26)27)8-9-18(15)22-20(25)19(24)21-11-10-16-6-3-2-4-7-16/h6,8-9,14H,2-5,7,10-13H2,1H3,(H,21,24)(H,22,25). The lowest BCUT2D eigenvalue weighted by Crippen LogP contribution is -2.36. The van der Waals surface area contributed by atoms with Crippen molar-refractivity contribution in [2.45, 2.75) is 45.4 Å². The minimum absolute atomic E-state index is 0.154. The molecule has 28 heavy (non-hydrogen) atoms. The van der Waals surface area contributed by atoms with Crippen LogP contribution >= 0.6 is 0 Å². The molecule has 3 rings (SSSR count). The van der Waals surface area contributed by atoms with Crippen molar-refractivity contribution < 1.29 is 18.0 Å². The van der Waals surface area contributed by atoms with Crippen molar-refractivity contribution in [3.8, 4) is 0 Å². The smallest absolute Gasteiger partial charge is 0.313 e. The summed E-state index contributed by atoms with van der Waals surface area (Å²) in [5.41, 5.74) is 3.12. The topological polar surface area (TPSA) is 95.6 Å². The Labute approximate surface area is 166 Å². The van der Waals surface area contributed by atoms with Gasteiger partial charge in [0.1, 0.15) is 0 Å². The molecule has 0 atom stereocenters. The average molecular weight is 406 g/mol. The molecule has 1 aromatic carbocycles. The minimum Gasteiger partial charge on any atom is -0.348 e. The van der Waals surface area contributed by atoms with Crippen molar-refractivity contribution in [3.63, 3.8) is 0 Å². The van der Waals surface area contributed by atoms with Gasteiger partial charge in [-0.3, -0.25) is 13.9 Å².